The first kappa shape index (κ1) is 10.4. The summed E-state index contributed by atoms with van der Waals surface area (Å²) in [5, 5.41) is 10.5. The van der Waals surface area contributed by atoms with Crippen LogP contribution in [0.5, 0.6) is 0 Å². The predicted molar refractivity (Wildman–Crippen MR) is 56.1 cm³/mol. The molecule has 2 fully saturated rings. The van der Waals surface area contributed by atoms with E-state index in [1.807, 2.05) is 6.92 Å². The van der Waals surface area contributed by atoms with E-state index in [-0.39, 0.29) is 23.0 Å². The number of fused-ring (bicyclic) bond motifs is 2. The van der Waals surface area contributed by atoms with Gasteiger partial charge in [-0.1, -0.05) is 13.8 Å². The minimum Gasteiger partial charge on any atom is -0.389 e. The van der Waals surface area contributed by atoms with Crippen LogP contribution in [0.25, 0.3) is 0 Å². The fourth-order valence-corrected chi connectivity index (χ4v) is 3.35. The molecule has 2 saturated heterocycles. The lowest BCUT2D eigenvalue weighted by Gasteiger charge is -2.53. The first-order chi connectivity index (χ1) is 6.22. The van der Waals surface area contributed by atoms with E-state index in [4.69, 9.17) is 4.74 Å². The van der Waals surface area contributed by atoms with Crippen molar-refractivity contribution in [1.82, 2.24) is 0 Å². The van der Waals surface area contributed by atoms with Crippen LogP contribution >= 0.6 is 0 Å². The number of aliphatic hydroxyl groups is 1. The summed E-state index contributed by atoms with van der Waals surface area (Å²) in [6.07, 6.45) is 2.15. The minimum absolute atomic E-state index is 0.120. The van der Waals surface area contributed by atoms with Crippen molar-refractivity contribution >= 4 is 0 Å². The average Bonchev–Trinajstić information content (AvgIpc) is 2.39. The lowest BCUT2D eigenvalue weighted by Crippen LogP contribution is -2.61. The van der Waals surface area contributed by atoms with Crippen molar-refractivity contribution in [2.45, 2.75) is 64.3 Å². The molecule has 2 aliphatic rings. The zero-order valence-corrected chi connectivity index (χ0v) is 9.92. The molecule has 0 aliphatic carbocycles. The van der Waals surface area contributed by atoms with Gasteiger partial charge in [0.15, 0.2) is 0 Å². The summed E-state index contributed by atoms with van der Waals surface area (Å²) in [7, 11) is 0. The van der Waals surface area contributed by atoms with Crippen LogP contribution in [0.4, 0.5) is 0 Å². The molecule has 2 bridgehead atoms. The van der Waals surface area contributed by atoms with E-state index in [2.05, 4.69) is 27.7 Å². The van der Waals surface area contributed by atoms with Crippen LogP contribution < -0.4 is 0 Å². The summed E-state index contributed by atoms with van der Waals surface area (Å²) in [6.45, 7) is 10.5. The molecule has 2 heteroatoms. The summed E-state index contributed by atoms with van der Waals surface area (Å²) in [5.74, 6) is 0.418. The van der Waals surface area contributed by atoms with Crippen LogP contribution in [0.3, 0.4) is 0 Å². The standard InChI is InChI=1S/C12H22O2/c1-8-10(3)6-7-11(4,14-10)9(2)12(8,5)13/h8-9,13H,6-7H2,1-5H3/t8-,9+,10+,11-,12-. The second kappa shape index (κ2) is 2.53. The van der Waals surface area contributed by atoms with Gasteiger partial charge in [0, 0.05) is 11.8 Å². The summed E-state index contributed by atoms with van der Waals surface area (Å²) in [6, 6.07) is 0. The molecule has 0 aromatic carbocycles. The molecule has 2 heterocycles. The van der Waals surface area contributed by atoms with Gasteiger partial charge in [-0.05, 0) is 33.6 Å². The molecule has 2 aliphatic heterocycles. The Bertz CT molecular complexity index is 237. The van der Waals surface area contributed by atoms with Crippen LogP contribution in [0.1, 0.15) is 47.5 Å². The third kappa shape index (κ3) is 1.04. The van der Waals surface area contributed by atoms with Crippen LogP contribution in [-0.2, 0) is 4.74 Å². The fraction of sp³-hybridized carbons (Fsp3) is 1.00. The highest BCUT2D eigenvalue weighted by Crippen LogP contribution is 2.57. The Morgan fingerprint density at radius 3 is 1.71 bits per heavy atom. The summed E-state index contributed by atoms with van der Waals surface area (Å²) >= 11 is 0. The lowest BCUT2D eigenvalue weighted by molar-refractivity contribution is -0.255. The van der Waals surface area contributed by atoms with Gasteiger partial charge in [0.1, 0.15) is 0 Å². The maximum atomic E-state index is 10.5. The number of hydrogen-bond acceptors (Lipinski definition) is 2. The second-order valence-electron chi connectivity index (χ2n) is 5.90. The van der Waals surface area contributed by atoms with Crippen molar-refractivity contribution in [3.63, 3.8) is 0 Å². The molecule has 5 atom stereocenters. The topological polar surface area (TPSA) is 29.5 Å². The molecule has 14 heavy (non-hydrogen) atoms. The third-order valence-corrected chi connectivity index (χ3v) is 5.17. The Morgan fingerprint density at radius 1 is 1.00 bits per heavy atom. The highest BCUT2D eigenvalue weighted by atomic mass is 16.5. The first-order valence-electron chi connectivity index (χ1n) is 5.65. The van der Waals surface area contributed by atoms with Crippen LogP contribution in [0.15, 0.2) is 0 Å². The molecule has 1 N–H and O–H groups in total. The van der Waals surface area contributed by atoms with E-state index >= 15 is 0 Å². The molecule has 0 saturated carbocycles. The molecule has 2 nitrogen and oxygen atoms in total. The quantitative estimate of drug-likeness (QED) is 0.647. The van der Waals surface area contributed by atoms with Gasteiger partial charge in [-0.3, -0.25) is 0 Å². The molecular weight excluding hydrogens is 176 g/mol. The zero-order chi connectivity index (χ0) is 10.8. The smallest absolute Gasteiger partial charge is 0.0725 e. The van der Waals surface area contributed by atoms with Gasteiger partial charge in [0.2, 0.25) is 0 Å². The van der Waals surface area contributed by atoms with E-state index < -0.39 is 5.60 Å². The molecular formula is C12H22O2. The predicted octanol–water partition coefficient (Wildman–Crippen LogP) is 2.35. The van der Waals surface area contributed by atoms with Gasteiger partial charge < -0.3 is 9.84 Å². The van der Waals surface area contributed by atoms with E-state index in [0.717, 1.165) is 12.8 Å². The maximum Gasteiger partial charge on any atom is 0.0725 e. The zero-order valence-electron chi connectivity index (χ0n) is 9.92. The van der Waals surface area contributed by atoms with Crippen molar-refractivity contribution in [2.75, 3.05) is 0 Å². The summed E-state index contributed by atoms with van der Waals surface area (Å²) in [5.41, 5.74) is -0.840. The maximum absolute atomic E-state index is 10.5. The van der Waals surface area contributed by atoms with Crippen LogP contribution in [0, 0.1) is 11.8 Å². The molecule has 0 unspecified atom stereocenters. The van der Waals surface area contributed by atoms with Gasteiger partial charge in [-0.15, -0.1) is 0 Å². The monoisotopic (exact) mass is 198 g/mol. The Labute approximate surface area is 86.6 Å². The molecule has 0 amide bonds. The van der Waals surface area contributed by atoms with E-state index in [1.165, 1.54) is 0 Å². The first-order valence-corrected chi connectivity index (χ1v) is 5.65. The van der Waals surface area contributed by atoms with Crippen molar-refractivity contribution in [3.05, 3.63) is 0 Å². The molecule has 0 aromatic rings. The highest BCUT2D eigenvalue weighted by molar-refractivity contribution is 5.11. The Hall–Kier alpha value is -0.0800. The van der Waals surface area contributed by atoms with Crippen molar-refractivity contribution in [3.8, 4) is 0 Å². The van der Waals surface area contributed by atoms with Gasteiger partial charge in [0.25, 0.3) is 0 Å². The van der Waals surface area contributed by atoms with Crippen molar-refractivity contribution in [2.24, 2.45) is 11.8 Å². The van der Waals surface area contributed by atoms with Gasteiger partial charge >= 0.3 is 0 Å². The summed E-state index contributed by atoms with van der Waals surface area (Å²) in [4.78, 5) is 0. The van der Waals surface area contributed by atoms with E-state index in [0.29, 0.717) is 0 Å². The molecule has 0 aromatic heterocycles. The number of ether oxygens (including phenoxy) is 1. The molecule has 0 spiro atoms. The van der Waals surface area contributed by atoms with Crippen molar-refractivity contribution in [1.29, 1.82) is 0 Å². The SMILES string of the molecule is C[C@@H]1[C@](C)(O)[C@H](C)[C@]2(C)CC[C@@]1(C)O2. The molecule has 82 valence electrons. The molecule has 2 rings (SSSR count). The number of hydrogen-bond donors (Lipinski definition) is 1. The van der Waals surface area contributed by atoms with Gasteiger partial charge in [-0.25, -0.2) is 0 Å². The van der Waals surface area contributed by atoms with E-state index in [1.54, 1.807) is 0 Å². The highest BCUT2D eigenvalue weighted by Gasteiger charge is 2.62. The van der Waals surface area contributed by atoms with Crippen LogP contribution in [-0.4, -0.2) is 21.9 Å². The average molecular weight is 198 g/mol. The summed E-state index contributed by atoms with van der Waals surface area (Å²) < 4.78 is 6.17. The normalized spacial score (nSPS) is 63.0. The Kier molecular flexibility index (Phi) is 1.89. The number of rotatable bonds is 0. The third-order valence-electron chi connectivity index (χ3n) is 5.17. The largest absolute Gasteiger partial charge is 0.389 e. The van der Waals surface area contributed by atoms with Crippen LogP contribution in [0.2, 0.25) is 0 Å². The van der Waals surface area contributed by atoms with Gasteiger partial charge in [0.05, 0.1) is 16.8 Å². The van der Waals surface area contributed by atoms with Crippen molar-refractivity contribution < 1.29 is 9.84 Å². The molecule has 0 radical (unpaired) electrons. The minimum atomic E-state index is -0.599. The van der Waals surface area contributed by atoms with E-state index in [9.17, 15) is 5.11 Å². The Balaban J connectivity index is 2.44. The fourth-order valence-electron chi connectivity index (χ4n) is 3.35. The lowest BCUT2D eigenvalue weighted by atomic mass is 9.67. The Morgan fingerprint density at radius 2 is 1.36 bits per heavy atom. The second-order valence-corrected chi connectivity index (χ2v) is 5.90. The van der Waals surface area contributed by atoms with Gasteiger partial charge in [-0.2, -0.15) is 0 Å².